The molecule has 2 N–H and O–H groups in total. The molecule has 158 valence electrons. The summed E-state index contributed by atoms with van der Waals surface area (Å²) in [7, 11) is 1.73. The summed E-state index contributed by atoms with van der Waals surface area (Å²) in [5.41, 5.74) is 0.301. The highest BCUT2D eigenvalue weighted by molar-refractivity contribution is 5.80. The van der Waals surface area contributed by atoms with E-state index in [1.165, 1.54) is 12.1 Å². The number of benzene rings is 1. The van der Waals surface area contributed by atoms with Crippen molar-refractivity contribution in [2.24, 2.45) is 4.99 Å². The molecule has 0 radical (unpaired) electrons. The Labute approximate surface area is 172 Å². The fourth-order valence-electron chi connectivity index (χ4n) is 3.44. The van der Waals surface area contributed by atoms with Gasteiger partial charge in [0.2, 0.25) is 5.82 Å². The van der Waals surface area contributed by atoms with Crippen molar-refractivity contribution in [3.63, 3.8) is 0 Å². The zero-order chi connectivity index (χ0) is 20.9. The van der Waals surface area contributed by atoms with Crippen LogP contribution in [0.1, 0.15) is 5.82 Å². The van der Waals surface area contributed by atoms with Gasteiger partial charge in [0.25, 0.3) is 0 Å². The second-order valence-corrected chi connectivity index (χ2v) is 6.88. The zero-order valence-electron chi connectivity index (χ0n) is 16.6. The van der Waals surface area contributed by atoms with Crippen LogP contribution in [0.15, 0.2) is 46.0 Å². The SMILES string of the molecule is CN=C(NCCc1nc(-c2ccco2)n[nH]1)N1CCN(c2cc(F)ccc2F)CC1. The summed E-state index contributed by atoms with van der Waals surface area (Å²) in [5.74, 6) is 1.81. The maximum absolute atomic E-state index is 14.0. The van der Waals surface area contributed by atoms with Crippen LogP contribution in [0.3, 0.4) is 0 Å². The Balaban J connectivity index is 1.28. The molecular weight excluding hydrogens is 392 g/mol. The van der Waals surface area contributed by atoms with Crippen LogP contribution in [0.5, 0.6) is 0 Å². The van der Waals surface area contributed by atoms with Crippen LogP contribution in [0, 0.1) is 11.6 Å². The van der Waals surface area contributed by atoms with Crippen molar-refractivity contribution < 1.29 is 13.2 Å². The number of anilines is 1. The second kappa shape index (κ2) is 8.93. The van der Waals surface area contributed by atoms with Crippen LogP contribution in [-0.2, 0) is 6.42 Å². The minimum Gasteiger partial charge on any atom is -0.461 e. The third-order valence-electron chi connectivity index (χ3n) is 4.96. The minimum absolute atomic E-state index is 0.301. The Hall–Kier alpha value is -3.43. The van der Waals surface area contributed by atoms with Gasteiger partial charge in [-0.05, 0) is 24.3 Å². The van der Waals surface area contributed by atoms with Gasteiger partial charge >= 0.3 is 0 Å². The molecule has 1 saturated heterocycles. The molecule has 0 unspecified atom stereocenters. The Morgan fingerprint density at radius 1 is 1.23 bits per heavy atom. The number of aromatic amines is 1. The van der Waals surface area contributed by atoms with E-state index in [9.17, 15) is 8.78 Å². The zero-order valence-corrected chi connectivity index (χ0v) is 16.6. The molecule has 1 fully saturated rings. The smallest absolute Gasteiger partial charge is 0.216 e. The maximum Gasteiger partial charge on any atom is 0.216 e. The number of rotatable bonds is 5. The monoisotopic (exact) mass is 415 g/mol. The molecular formula is C20H23F2N7O. The van der Waals surface area contributed by atoms with Crippen molar-refractivity contribution >= 4 is 11.6 Å². The number of H-pyrrole nitrogens is 1. The van der Waals surface area contributed by atoms with Crippen LogP contribution in [-0.4, -0.2) is 65.8 Å². The molecule has 2 aromatic heterocycles. The summed E-state index contributed by atoms with van der Waals surface area (Å²) in [5, 5.41) is 10.4. The lowest BCUT2D eigenvalue weighted by Crippen LogP contribution is -2.53. The lowest BCUT2D eigenvalue weighted by Gasteiger charge is -2.37. The van der Waals surface area contributed by atoms with E-state index in [0.717, 1.165) is 17.9 Å². The van der Waals surface area contributed by atoms with Gasteiger partial charge in [0.05, 0.1) is 12.0 Å². The molecule has 1 aromatic carbocycles. The van der Waals surface area contributed by atoms with Gasteiger partial charge in [-0.3, -0.25) is 10.1 Å². The first-order valence-corrected chi connectivity index (χ1v) is 9.75. The average molecular weight is 415 g/mol. The van der Waals surface area contributed by atoms with Gasteiger partial charge in [-0.25, -0.2) is 13.8 Å². The summed E-state index contributed by atoms with van der Waals surface area (Å²) in [6.07, 6.45) is 2.22. The van der Waals surface area contributed by atoms with E-state index in [2.05, 4.69) is 30.4 Å². The Bertz CT molecular complexity index is 995. The largest absolute Gasteiger partial charge is 0.461 e. The predicted octanol–water partition coefficient (Wildman–Crippen LogP) is 2.28. The molecule has 4 rings (SSSR count). The van der Waals surface area contributed by atoms with Crippen molar-refractivity contribution in [2.75, 3.05) is 44.7 Å². The number of guanidine groups is 1. The fourth-order valence-corrected chi connectivity index (χ4v) is 3.44. The van der Waals surface area contributed by atoms with Gasteiger partial charge in [-0.15, -0.1) is 0 Å². The molecule has 0 amide bonds. The number of hydrogen-bond acceptors (Lipinski definition) is 5. The molecule has 0 atom stereocenters. The predicted molar refractivity (Wildman–Crippen MR) is 109 cm³/mol. The van der Waals surface area contributed by atoms with Gasteiger partial charge in [0, 0.05) is 52.3 Å². The van der Waals surface area contributed by atoms with Crippen molar-refractivity contribution in [2.45, 2.75) is 6.42 Å². The number of aliphatic imine (C=N–C) groups is 1. The molecule has 30 heavy (non-hydrogen) atoms. The summed E-state index contributed by atoms with van der Waals surface area (Å²) in [6, 6.07) is 7.14. The van der Waals surface area contributed by atoms with Crippen molar-refractivity contribution in [1.82, 2.24) is 25.4 Å². The van der Waals surface area contributed by atoms with Crippen LogP contribution >= 0.6 is 0 Å². The number of furan rings is 1. The van der Waals surface area contributed by atoms with Gasteiger partial charge in [0.1, 0.15) is 17.5 Å². The molecule has 0 bridgehead atoms. The Morgan fingerprint density at radius 3 is 2.80 bits per heavy atom. The standard InChI is InChI=1S/C20H23F2N7O/c1-23-20(24-7-6-18-25-19(27-26-18)17-3-2-12-30-17)29-10-8-28(9-11-29)16-13-14(21)4-5-15(16)22/h2-5,12-13H,6-11H2,1H3,(H,23,24)(H,25,26,27). The lowest BCUT2D eigenvalue weighted by atomic mass is 10.2. The van der Waals surface area contributed by atoms with Crippen LogP contribution in [0.2, 0.25) is 0 Å². The highest BCUT2D eigenvalue weighted by Crippen LogP contribution is 2.22. The maximum atomic E-state index is 14.0. The lowest BCUT2D eigenvalue weighted by molar-refractivity contribution is 0.370. The highest BCUT2D eigenvalue weighted by Gasteiger charge is 2.22. The van der Waals surface area contributed by atoms with Gasteiger partial charge in [0.15, 0.2) is 11.7 Å². The quantitative estimate of drug-likeness (QED) is 0.491. The summed E-state index contributed by atoms with van der Waals surface area (Å²) in [4.78, 5) is 12.7. The molecule has 8 nitrogen and oxygen atoms in total. The molecule has 10 heteroatoms. The number of aromatic nitrogens is 3. The molecule has 0 saturated carbocycles. The first kappa shape index (κ1) is 19.9. The molecule has 1 aliphatic rings. The average Bonchev–Trinajstić information content (AvgIpc) is 3.45. The van der Waals surface area contributed by atoms with Crippen molar-refractivity contribution in [3.05, 3.63) is 54.1 Å². The summed E-state index contributed by atoms with van der Waals surface area (Å²) < 4.78 is 32.8. The van der Waals surface area contributed by atoms with Gasteiger partial charge in [-0.1, -0.05) is 0 Å². The van der Waals surface area contributed by atoms with Crippen LogP contribution in [0.25, 0.3) is 11.6 Å². The van der Waals surface area contributed by atoms with Crippen molar-refractivity contribution in [3.8, 4) is 11.6 Å². The Kier molecular flexibility index (Phi) is 5.92. The summed E-state index contributed by atoms with van der Waals surface area (Å²) in [6.45, 7) is 3.09. The highest BCUT2D eigenvalue weighted by atomic mass is 19.1. The molecule has 0 aliphatic carbocycles. The van der Waals surface area contributed by atoms with E-state index in [4.69, 9.17) is 4.42 Å². The second-order valence-electron chi connectivity index (χ2n) is 6.88. The van der Waals surface area contributed by atoms with Crippen molar-refractivity contribution in [1.29, 1.82) is 0 Å². The van der Waals surface area contributed by atoms with E-state index < -0.39 is 11.6 Å². The van der Waals surface area contributed by atoms with E-state index >= 15 is 0 Å². The number of halogens is 2. The Morgan fingerprint density at radius 2 is 2.07 bits per heavy atom. The number of hydrogen-bond donors (Lipinski definition) is 2. The normalized spacial score (nSPS) is 15.0. The van der Waals surface area contributed by atoms with Gasteiger partial charge in [-0.2, -0.15) is 5.10 Å². The minimum atomic E-state index is -0.436. The van der Waals surface area contributed by atoms with E-state index in [-0.39, 0.29) is 0 Å². The molecule has 3 heterocycles. The fraction of sp³-hybridized carbons (Fsp3) is 0.350. The molecule has 1 aliphatic heterocycles. The number of nitrogens with zero attached hydrogens (tertiary/aromatic N) is 5. The number of piperazine rings is 1. The summed E-state index contributed by atoms with van der Waals surface area (Å²) >= 11 is 0. The first-order chi connectivity index (χ1) is 14.6. The van der Waals surface area contributed by atoms with E-state index in [1.807, 2.05) is 11.0 Å². The van der Waals surface area contributed by atoms with Crippen LogP contribution < -0.4 is 10.2 Å². The topological polar surface area (TPSA) is 85.6 Å². The molecule has 0 spiro atoms. The van der Waals surface area contributed by atoms with Gasteiger partial charge < -0.3 is 19.5 Å². The first-order valence-electron chi connectivity index (χ1n) is 9.75. The van der Waals surface area contributed by atoms with E-state index in [0.29, 0.717) is 56.4 Å². The molecule has 3 aromatic rings. The third-order valence-corrected chi connectivity index (χ3v) is 4.96. The third kappa shape index (κ3) is 4.42. The van der Waals surface area contributed by atoms with Crippen LogP contribution in [0.4, 0.5) is 14.5 Å². The van der Waals surface area contributed by atoms with E-state index in [1.54, 1.807) is 19.4 Å². The number of nitrogens with one attached hydrogen (secondary N) is 2.